The maximum Gasteiger partial charge on any atom is 0.0893 e. The highest BCUT2D eigenvalue weighted by Gasteiger charge is 2.14. The molecule has 0 amide bonds. The zero-order valence-corrected chi connectivity index (χ0v) is 24.3. The van der Waals surface area contributed by atoms with E-state index in [4.69, 9.17) is 9.97 Å². The first-order valence-corrected chi connectivity index (χ1v) is 15.1. The summed E-state index contributed by atoms with van der Waals surface area (Å²) in [6.07, 6.45) is 3.80. The Hall–Kier alpha value is -6.13. The van der Waals surface area contributed by atoms with E-state index >= 15 is 0 Å². The van der Waals surface area contributed by atoms with Gasteiger partial charge in [0.1, 0.15) is 0 Å². The van der Waals surface area contributed by atoms with Crippen LogP contribution in [0.5, 0.6) is 0 Å². The molecular weight excluding hydrogens is 548 g/mol. The van der Waals surface area contributed by atoms with Crippen molar-refractivity contribution in [2.75, 3.05) is 0 Å². The first-order chi connectivity index (χ1) is 22.3. The Morgan fingerprint density at radius 3 is 1.87 bits per heavy atom. The second-order valence-corrected chi connectivity index (χ2v) is 11.3. The highest BCUT2D eigenvalue weighted by Crippen LogP contribution is 2.35. The summed E-state index contributed by atoms with van der Waals surface area (Å²) in [7, 11) is 0. The first kappa shape index (κ1) is 25.4. The predicted molar refractivity (Wildman–Crippen MR) is 185 cm³/mol. The van der Waals surface area contributed by atoms with Gasteiger partial charge in [-0.15, -0.1) is 0 Å². The summed E-state index contributed by atoms with van der Waals surface area (Å²) in [6.45, 7) is 0. The van der Waals surface area contributed by atoms with Crippen molar-refractivity contribution in [3.05, 3.63) is 158 Å². The van der Waals surface area contributed by atoms with E-state index in [0.29, 0.717) is 0 Å². The van der Waals surface area contributed by atoms with Crippen LogP contribution in [0.15, 0.2) is 158 Å². The van der Waals surface area contributed by atoms with Crippen molar-refractivity contribution in [1.82, 2.24) is 19.5 Å². The van der Waals surface area contributed by atoms with Gasteiger partial charge in [-0.1, -0.05) is 91.0 Å². The van der Waals surface area contributed by atoms with Crippen LogP contribution in [0.2, 0.25) is 0 Å². The van der Waals surface area contributed by atoms with Crippen LogP contribution in [-0.4, -0.2) is 19.5 Å². The zero-order chi connectivity index (χ0) is 29.7. The molecule has 0 spiro atoms. The van der Waals surface area contributed by atoms with Crippen LogP contribution in [0.1, 0.15) is 0 Å². The molecule has 210 valence electrons. The Labute approximate surface area is 259 Å². The summed E-state index contributed by atoms with van der Waals surface area (Å²) in [5.41, 5.74) is 9.13. The molecule has 0 aliphatic carbocycles. The minimum Gasteiger partial charge on any atom is -0.309 e. The molecule has 4 aromatic heterocycles. The lowest BCUT2D eigenvalue weighted by Gasteiger charge is -2.12. The van der Waals surface area contributed by atoms with Gasteiger partial charge in [0.15, 0.2) is 0 Å². The van der Waals surface area contributed by atoms with E-state index in [2.05, 4.69) is 143 Å². The third-order valence-electron chi connectivity index (χ3n) is 8.70. The third-order valence-corrected chi connectivity index (χ3v) is 8.70. The highest BCUT2D eigenvalue weighted by molar-refractivity contribution is 6.13. The van der Waals surface area contributed by atoms with E-state index in [-0.39, 0.29) is 0 Å². The van der Waals surface area contributed by atoms with Gasteiger partial charge in [-0.05, 0) is 76.1 Å². The summed E-state index contributed by atoms with van der Waals surface area (Å²) in [5.74, 6) is 0. The molecule has 4 heterocycles. The Balaban J connectivity index is 1.10. The molecule has 0 N–H and O–H groups in total. The van der Waals surface area contributed by atoms with Gasteiger partial charge in [-0.3, -0.25) is 4.98 Å². The van der Waals surface area contributed by atoms with Crippen molar-refractivity contribution in [3.63, 3.8) is 0 Å². The molecule has 0 aliphatic rings. The molecule has 0 saturated heterocycles. The number of hydrogen-bond acceptors (Lipinski definition) is 3. The fourth-order valence-electron chi connectivity index (χ4n) is 6.61. The first-order valence-electron chi connectivity index (χ1n) is 15.1. The minimum absolute atomic E-state index is 0.846. The normalized spacial score (nSPS) is 11.6. The maximum absolute atomic E-state index is 5.14. The van der Waals surface area contributed by atoms with Crippen molar-refractivity contribution >= 4 is 43.4 Å². The van der Waals surface area contributed by atoms with E-state index in [0.717, 1.165) is 50.5 Å². The lowest BCUT2D eigenvalue weighted by atomic mass is 9.95. The standard InChI is InChI=1S/C41H26N4/c1-2-10-30-28(9-1)25-34(32-12-4-3-11-31(30)32)37-15-8-17-39(44-37)38-16-7-14-36(43-38)27-19-21-29(22-20-27)45-40-18-6-5-13-33(40)35-26-42-24-23-41(35)45/h1-26H. The van der Waals surface area contributed by atoms with Gasteiger partial charge in [0.25, 0.3) is 0 Å². The number of benzene rings is 5. The largest absolute Gasteiger partial charge is 0.309 e. The van der Waals surface area contributed by atoms with E-state index < -0.39 is 0 Å². The van der Waals surface area contributed by atoms with Crippen LogP contribution in [-0.2, 0) is 0 Å². The fourth-order valence-corrected chi connectivity index (χ4v) is 6.61. The van der Waals surface area contributed by atoms with Crippen LogP contribution in [0.4, 0.5) is 0 Å². The van der Waals surface area contributed by atoms with Gasteiger partial charge in [-0.25, -0.2) is 9.97 Å². The third kappa shape index (κ3) is 4.19. The molecule has 0 aliphatic heterocycles. The maximum atomic E-state index is 5.14. The topological polar surface area (TPSA) is 43.6 Å². The lowest BCUT2D eigenvalue weighted by Crippen LogP contribution is -1.95. The summed E-state index contributed by atoms with van der Waals surface area (Å²) in [4.78, 5) is 14.6. The predicted octanol–water partition coefficient (Wildman–Crippen LogP) is 10.3. The Morgan fingerprint density at radius 1 is 0.422 bits per heavy atom. The Morgan fingerprint density at radius 2 is 1.04 bits per heavy atom. The zero-order valence-electron chi connectivity index (χ0n) is 24.3. The number of aromatic nitrogens is 4. The molecular formula is C41H26N4. The number of hydrogen-bond donors (Lipinski definition) is 0. The van der Waals surface area contributed by atoms with Crippen molar-refractivity contribution in [3.8, 4) is 39.6 Å². The van der Waals surface area contributed by atoms with Gasteiger partial charge >= 0.3 is 0 Å². The Bertz CT molecular complexity index is 2490. The van der Waals surface area contributed by atoms with Crippen molar-refractivity contribution in [1.29, 1.82) is 0 Å². The van der Waals surface area contributed by atoms with Crippen LogP contribution >= 0.6 is 0 Å². The van der Waals surface area contributed by atoms with Gasteiger partial charge in [0, 0.05) is 40.0 Å². The minimum atomic E-state index is 0.846. The molecule has 9 rings (SSSR count). The van der Waals surface area contributed by atoms with Gasteiger partial charge in [-0.2, -0.15) is 0 Å². The van der Waals surface area contributed by atoms with Crippen LogP contribution in [0.25, 0.3) is 82.9 Å². The Kier molecular flexibility index (Phi) is 5.78. The molecule has 0 fully saturated rings. The summed E-state index contributed by atoms with van der Waals surface area (Å²) >= 11 is 0. The van der Waals surface area contributed by atoms with Crippen molar-refractivity contribution in [2.45, 2.75) is 0 Å². The molecule has 0 saturated carbocycles. The van der Waals surface area contributed by atoms with E-state index in [9.17, 15) is 0 Å². The molecule has 45 heavy (non-hydrogen) atoms. The second kappa shape index (κ2) is 10.2. The molecule has 0 unspecified atom stereocenters. The highest BCUT2D eigenvalue weighted by atomic mass is 15.0. The second-order valence-electron chi connectivity index (χ2n) is 11.3. The van der Waals surface area contributed by atoms with E-state index in [1.807, 2.05) is 24.5 Å². The van der Waals surface area contributed by atoms with Crippen LogP contribution in [0.3, 0.4) is 0 Å². The monoisotopic (exact) mass is 574 g/mol. The molecule has 9 aromatic rings. The fraction of sp³-hybridized carbons (Fsp3) is 0. The van der Waals surface area contributed by atoms with Gasteiger partial charge in [0.2, 0.25) is 0 Å². The molecule has 0 atom stereocenters. The average molecular weight is 575 g/mol. The number of fused-ring (bicyclic) bond motifs is 6. The van der Waals surface area contributed by atoms with Gasteiger partial charge < -0.3 is 4.57 Å². The molecule has 0 bridgehead atoms. The average Bonchev–Trinajstić information content (AvgIpc) is 3.46. The van der Waals surface area contributed by atoms with E-state index in [1.54, 1.807) is 0 Å². The lowest BCUT2D eigenvalue weighted by molar-refractivity contribution is 1.17. The molecule has 0 radical (unpaired) electrons. The van der Waals surface area contributed by atoms with Crippen LogP contribution < -0.4 is 0 Å². The SMILES string of the molecule is c1cc(-c2ccc(-n3c4ccccc4c4cnccc43)cc2)nc(-c2cccc(-c3cc4ccccc4c4ccccc34)n2)c1. The van der Waals surface area contributed by atoms with E-state index in [1.165, 1.54) is 32.4 Å². The quantitative estimate of drug-likeness (QED) is 0.196. The summed E-state index contributed by atoms with van der Waals surface area (Å²) in [6, 6.07) is 50.9. The molecule has 4 heteroatoms. The molecule has 5 aromatic carbocycles. The number of pyridine rings is 3. The molecule has 4 nitrogen and oxygen atoms in total. The van der Waals surface area contributed by atoms with Crippen molar-refractivity contribution in [2.24, 2.45) is 0 Å². The summed E-state index contributed by atoms with van der Waals surface area (Å²) in [5, 5.41) is 7.24. The van der Waals surface area contributed by atoms with Crippen LogP contribution in [0, 0.1) is 0 Å². The van der Waals surface area contributed by atoms with Gasteiger partial charge in [0.05, 0.1) is 33.8 Å². The number of rotatable bonds is 4. The number of para-hydroxylation sites is 1. The smallest absolute Gasteiger partial charge is 0.0893 e. The number of nitrogens with zero attached hydrogens (tertiary/aromatic N) is 4. The van der Waals surface area contributed by atoms with Crippen molar-refractivity contribution < 1.29 is 0 Å². The summed E-state index contributed by atoms with van der Waals surface area (Å²) < 4.78 is 2.30.